The van der Waals surface area contributed by atoms with E-state index in [4.69, 9.17) is 5.73 Å². The van der Waals surface area contributed by atoms with Gasteiger partial charge in [-0.1, -0.05) is 24.3 Å². The van der Waals surface area contributed by atoms with Gasteiger partial charge >= 0.3 is 0 Å². The van der Waals surface area contributed by atoms with E-state index in [9.17, 15) is 0 Å². The summed E-state index contributed by atoms with van der Waals surface area (Å²) in [5.74, 6) is 0. The average molecular weight is 304 g/mol. The van der Waals surface area contributed by atoms with E-state index in [-0.39, 0.29) is 0 Å². The Labute approximate surface area is 130 Å². The van der Waals surface area contributed by atoms with Gasteiger partial charge in [-0.15, -0.1) is 0 Å². The summed E-state index contributed by atoms with van der Waals surface area (Å²) < 4.78 is 1.19. The van der Waals surface area contributed by atoms with Gasteiger partial charge in [0.1, 0.15) is 0 Å². The maximum absolute atomic E-state index is 5.78. The van der Waals surface area contributed by atoms with Gasteiger partial charge in [0.05, 0.1) is 10.2 Å². The lowest BCUT2D eigenvalue weighted by molar-refractivity contribution is 0.127. The van der Waals surface area contributed by atoms with E-state index in [1.54, 1.807) is 11.3 Å². The Kier molecular flexibility index (Phi) is 4.42. The van der Waals surface area contributed by atoms with Crippen LogP contribution < -0.4 is 5.73 Å². The van der Waals surface area contributed by atoms with Crippen molar-refractivity contribution in [1.29, 1.82) is 0 Å². The Morgan fingerprint density at radius 2 is 2.14 bits per heavy atom. The highest BCUT2D eigenvalue weighted by atomic mass is 32.1. The second kappa shape index (κ2) is 6.30. The van der Waals surface area contributed by atoms with Crippen LogP contribution in [-0.2, 0) is 6.54 Å². The van der Waals surface area contributed by atoms with Crippen molar-refractivity contribution in [2.75, 3.05) is 32.4 Å². The quantitative estimate of drug-likeness (QED) is 0.943. The number of thiazole rings is 1. The summed E-state index contributed by atoms with van der Waals surface area (Å²) in [5.41, 5.74) is 8.14. The minimum absolute atomic E-state index is 0.655. The molecule has 0 aliphatic carbocycles. The molecule has 0 spiro atoms. The second-order valence-corrected chi connectivity index (χ2v) is 7.00. The normalized spacial score (nSPS) is 17.9. The molecular weight excluding hydrogens is 280 g/mol. The van der Waals surface area contributed by atoms with Crippen molar-refractivity contribution in [3.63, 3.8) is 0 Å². The fraction of sp³-hybridized carbons (Fsp3) is 0.562. The number of fused-ring (bicyclic) bond motifs is 1. The first-order valence-corrected chi connectivity index (χ1v) is 8.55. The molecule has 1 aliphatic heterocycles. The summed E-state index contributed by atoms with van der Waals surface area (Å²) >= 11 is 1.57. The minimum atomic E-state index is 0.655. The number of nitrogens with zero attached hydrogens (tertiary/aromatic N) is 3. The fourth-order valence-electron chi connectivity index (χ4n) is 3.18. The maximum atomic E-state index is 5.78. The highest BCUT2D eigenvalue weighted by Gasteiger charge is 2.21. The molecule has 1 aromatic heterocycles. The Hall–Kier alpha value is -1.17. The Morgan fingerprint density at radius 3 is 2.86 bits per heavy atom. The van der Waals surface area contributed by atoms with Crippen LogP contribution in [0, 0.1) is 0 Å². The van der Waals surface area contributed by atoms with E-state index in [2.05, 4.69) is 47.0 Å². The van der Waals surface area contributed by atoms with Gasteiger partial charge in [-0.2, -0.15) is 0 Å². The summed E-state index contributed by atoms with van der Waals surface area (Å²) in [5, 5.41) is 0.655. The van der Waals surface area contributed by atoms with Crippen molar-refractivity contribution in [2.45, 2.75) is 32.4 Å². The number of nitrogen functional groups attached to an aromatic ring is 1. The van der Waals surface area contributed by atoms with Crippen molar-refractivity contribution in [3.8, 4) is 0 Å². The summed E-state index contributed by atoms with van der Waals surface area (Å²) in [6, 6.07) is 7.21. The predicted octanol–water partition coefficient (Wildman–Crippen LogP) is 2.79. The summed E-state index contributed by atoms with van der Waals surface area (Å²) in [7, 11) is 2.25. The molecule has 5 heteroatoms. The third kappa shape index (κ3) is 3.36. The first-order valence-electron chi connectivity index (χ1n) is 7.73. The molecule has 0 radical (unpaired) electrons. The molecule has 2 aromatic rings. The van der Waals surface area contributed by atoms with Crippen LogP contribution in [0.4, 0.5) is 5.13 Å². The van der Waals surface area contributed by atoms with Gasteiger partial charge in [-0.3, -0.25) is 4.90 Å². The smallest absolute Gasteiger partial charge is 0.181 e. The van der Waals surface area contributed by atoms with Crippen LogP contribution in [-0.4, -0.2) is 47.5 Å². The van der Waals surface area contributed by atoms with E-state index in [0.29, 0.717) is 11.2 Å². The lowest BCUT2D eigenvalue weighted by Crippen LogP contribution is -2.42. The standard InChI is InChI=1S/C16H24N4S/c1-3-20-8-6-13(7-9-20)19(2)11-12-4-5-14-15(10-12)21-16(17)18-14/h4-5,10,13H,3,6-9,11H2,1-2H3,(H2,17,18). The molecule has 114 valence electrons. The van der Waals surface area contributed by atoms with Crippen molar-refractivity contribution < 1.29 is 0 Å². The zero-order chi connectivity index (χ0) is 14.8. The minimum Gasteiger partial charge on any atom is -0.375 e. The van der Waals surface area contributed by atoms with Crippen molar-refractivity contribution >= 4 is 26.7 Å². The lowest BCUT2D eigenvalue weighted by Gasteiger charge is -2.36. The zero-order valence-corrected chi connectivity index (χ0v) is 13.7. The monoisotopic (exact) mass is 304 g/mol. The molecule has 0 amide bonds. The van der Waals surface area contributed by atoms with E-state index in [0.717, 1.165) is 12.1 Å². The highest BCUT2D eigenvalue weighted by Crippen LogP contribution is 2.25. The number of hydrogen-bond acceptors (Lipinski definition) is 5. The van der Waals surface area contributed by atoms with Crippen molar-refractivity contribution in [1.82, 2.24) is 14.8 Å². The van der Waals surface area contributed by atoms with Crippen LogP contribution in [0.15, 0.2) is 18.2 Å². The van der Waals surface area contributed by atoms with Gasteiger partial charge in [-0.25, -0.2) is 4.98 Å². The zero-order valence-electron chi connectivity index (χ0n) is 12.9. The first-order chi connectivity index (χ1) is 10.2. The molecule has 21 heavy (non-hydrogen) atoms. The molecule has 3 rings (SSSR count). The molecule has 4 nitrogen and oxygen atoms in total. The number of aromatic nitrogens is 1. The van der Waals surface area contributed by atoms with E-state index >= 15 is 0 Å². The van der Waals surface area contributed by atoms with Gasteiger partial charge < -0.3 is 10.6 Å². The summed E-state index contributed by atoms with van der Waals surface area (Å²) in [6.07, 6.45) is 2.56. The predicted molar refractivity (Wildman–Crippen MR) is 90.6 cm³/mol. The van der Waals surface area contributed by atoms with Gasteiger partial charge in [0.15, 0.2) is 5.13 Å². The number of hydrogen-bond donors (Lipinski definition) is 1. The van der Waals surface area contributed by atoms with Crippen molar-refractivity contribution in [2.24, 2.45) is 0 Å². The van der Waals surface area contributed by atoms with Crippen LogP contribution >= 0.6 is 11.3 Å². The molecule has 0 atom stereocenters. The third-order valence-electron chi connectivity index (χ3n) is 4.53. The Balaban J connectivity index is 1.64. The topological polar surface area (TPSA) is 45.4 Å². The van der Waals surface area contributed by atoms with Crippen LogP contribution in [0.3, 0.4) is 0 Å². The highest BCUT2D eigenvalue weighted by molar-refractivity contribution is 7.22. The van der Waals surface area contributed by atoms with Crippen LogP contribution in [0.1, 0.15) is 25.3 Å². The van der Waals surface area contributed by atoms with Gasteiger partial charge in [-0.05, 0) is 57.2 Å². The first kappa shape index (κ1) is 14.8. The molecule has 1 fully saturated rings. The molecule has 1 aromatic carbocycles. The average Bonchev–Trinajstić information content (AvgIpc) is 2.86. The Morgan fingerprint density at radius 1 is 1.38 bits per heavy atom. The van der Waals surface area contributed by atoms with Crippen LogP contribution in [0.25, 0.3) is 10.2 Å². The van der Waals surface area contributed by atoms with E-state index in [1.165, 1.54) is 42.7 Å². The lowest BCUT2D eigenvalue weighted by atomic mass is 10.0. The molecule has 0 bridgehead atoms. The Bertz CT molecular complexity index is 601. The maximum Gasteiger partial charge on any atom is 0.181 e. The number of anilines is 1. The largest absolute Gasteiger partial charge is 0.375 e. The van der Waals surface area contributed by atoms with Gasteiger partial charge in [0.25, 0.3) is 0 Å². The number of nitrogens with two attached hydrogens (primary N) is 1. The van der Waals surface area contributed by atoms with Crippen LogP contribution in [0.2, 0.25) is 0 Å². The number of benzene rings is 1. The summed E-state index contributed by atoms with van der Waals surface area (Å²) in [6.45, 7) is 6.90. The SMILES string of the molecule is CCN1CCC(N(C)Cc2ccc3nc(N)sc3c2)CC1. The molecule has 2 N–H and O–H groups in total. The van der Waals surface area contributed by atoms with E-state index in [1.807, 2.05) is 0 Å². The number of likely N-dealkylation sites (tertiary alicyclic amines) is 1. The number of rotatable bonds is 4. The molecule has 0 saturated carbocycles. The molecular formula is C16H24N4S. The van der Waals surface area contributed by atoms with Gasteiger partial charge in [0, 0.05) is 12.6 Å². The number of piperidine rings is 1. The molecule has 1 aliphatic rings. The van der Waals surface area contributed by atoms with Gasteiger partial charge in [0.2, 0.25) is 0 Å². The fourth-order valence-corrected chi connectivity index (χ4v) is 3.98. The van der Waals surface area contributed by atoms with Crippen molar-refractivity contribution in [3.05, 3.63) is 23.8 Å². The molecule has 1 saturated heterocycles. The molecule has 2 heterocycles. The van der Waals surface area contributed by atoms with E-state index < -0.39 is 0 Å². The molecule has 0 unspecified atom stereocenters. The van der Waals surface area contributed by atoms with Crippen LogP contribution in [0.5, 0.6) is 0 Å². The second-order valence-electron chi connectivity index (χ2n) is 5.93. The summed E-state index contributed by atoms with van der Waals surface area (Å²) in [4.78, 5) is 9.35. The third-order valence-corrected chi connectivity index (χ3v) is 5.38.